The molecule has 6 nitrogen and oxygen atoms in total. The summed E-state index contributed by atoms with van der Waals surface area (Å²) < 4.78 is 0. The van der Waals surface area contributed by atoms with Gasteiger partial charge in [0.1, 0.15) is 0 Å². The van der Waals surface area contributed by atoms with Crippen LogP contribution in [-0.4, -0.2) is 27.8 Å². The zero-order chi connectivity index (χ0) is 21.7. The molecule has 7 heteroatoms. The Kier molecular flexibility index (Phi) is 6.79. The number of hydrogen-bond donors (Lipinski definition) is 1. The number of aromatic nitrogens is 2. The van der Waals surface area contributed by atoms with Gasteiger partial charge in [-0.1, -0.05) is 23.7 Å². The Labute approximate surface area is 180 Å². The summed E-state index contributed by atoms with van der Waals surface area (Å²) in [4.78, 5) is 34.4. The Morgan fingerprint density at radius 2 is 1.93 bits per heavy atom. The molecule has 1 aromatic carbocycles. The van der Waals surface area contributed by atoms with Crippen LogP contribution < -0.4 is 10.2 Å². The summed E-state index contributed by atoms with van der Waals surface area (Å²) in [6.45, 7) is 5.79. The quantitative estimate of drug-likeness (QED) is 0.635. The highest BCUT2D eigenvalue weighted by molar-refractivity contribution is 6.34. The molecule has 0 saturated carbocycles. The van der Waals surface area contributed by atoms with Gasteiger partial charge in [0.15, 0.2) is 0 Å². The summed E-state index contributed by atoms with van der Waals surface area (Å²) >= 11 is 6.45. The van der Waals surface area contributed by atoms with Crippen LogP contribution in [0.1, 0.15) is 36.7 Å². The van der Waals surface area contributed by atoms with Gasteiger partial charge in [-0.05, 0) is 49.7 Å². The minimum atomic E-state index is -0.208. The van der Waals surface area contributed by atoms with E-state index in [-0.39, 0.29) is 17.9 Å². The fraction of sp³-hybridized carbons (Fsp3) is 0.217. The molecule has 0 radical (unpaired) electrons. The van der Waals surface area contributed by atoms with Gasteiger partial charge in [-0.3, -0.25) is 19.6 Å². The predicted octanol–water partition coefficient (Wildman–Crippen LogP) is 4.49. The van der Waals surface area contributed by atoms with Crippen LogP contribution >= 0.6 is 11.6 Å². The molecule has 3 rings (SSSR count). The van der Waals surface area contributed by atoms with Crippen LogP contribution in [0.3, 0.4) is 0 Å². The molecule has 0 unspecified atom stereocenters. The maximum absolute atomic E-state index is 12.3. The van der Waals surface area contributed by atoms with E-state index in [1.54, 1.807) is 35.5 Å². The topological polar surface area (TPSA) is 75.2 Å². The first-order valence-corrected chi connectivity index (χ1v) is 9.97. The normalized spacial score (nSPS) is 10.7. The number of carbonyl (C=O) groups is 2. The van der Waals surface area contributed by atoms with E-state index in [1.807, 2.05) is 38.1 Å². The molecule has 0 aliphatic heterocycles. The van der Waals surface area contributed by atoms with Gasteiger partial charge < -0.3 is 10.2 Å². The van der Waals surface area contributed by atoms with Crippen LogP contribution in [0.5, 0.6) is 0 Å². The third-order valence-electron chi connectivity index (χ3n) is 4.56. The number of amides is 2. The standard InChI is InChI=1S/C23H23ClN4O2/c1-15(2)28(16(3)29)22-9-7-18(11-20(22)24)21-8-6-19(14-26-21)23(30)27-13-17-5-4-10-25-12-17/h4-12,14-15H,13H2,1-3H3,(H,27,30). The first-order valence-electron chi connectivity index (χ1n) is 9.59. The monoisotopic (exact) mass is 422 g/mol. The number of halogens is 1. The molecule has 0 atom stereocenters. The van der Waals surface area contributed by atoms with Crippen molar-refractivity contribution in [3.05, 3.63) is 77.2 Å². The molecular weight excluding hydrogens is 400 g/mol. The number of rotatable bonds is 6. The second-order valence-corrected chi connectivity index (χ2v) is 7.53. The highest BCUT2D eigenvalue weighted by Crippen LogP contribution is 2.31. The fourth-order valence-corrected chi connectivity index (χ4v) is 3.43. The Balaban J connectivity index is 1.73. The lowest BCUT2D eigenvalue weighted by molar-refractivity contribution is -0.116. The number of benzene rings is 1. The van der Waals surface area contributed by atoms with Gasteiger partial charge in [-0.15, -0.1) is 0 Å². The lowest BCUT2D eigenvalue weighted by atomic mass is 10.1. The zero-order valence-corrected chi connectivity index (χ0v) is 17.8. The number of carbonyl (C=O) groups excluding carboxylic acids is 2. The van der Waals surface area contributed by atoms with Gasteiger partial charge in [-0.25, -0.2) is 0 Å². The molecule has 0 spiro atoms. The van der Waals surface area contributed by atoms with Crippen molar-refractivity contribution in [2.45, 2.75) is 33.4 Å². The minimum Gasteiger partial charge on any atom is -0.348 e. The van der Waals surface area contributed by atoms with Crippen molar-refractivity contribution in [3.8, 4) is 11.3 Å². The Bertz CT molecular complexity index is 1040. The van der Waals surface area contributed by atoms with Crippen molar-refractivity contribution in [2.75, 3.05) is 4.90 Å². The van der Waals surface area contributed by atoms with E-state index in [0.717, 1.165) is 11.1 Å². The summed E-state index contributed by atoms with van der Waals surface area (Å²) in [6, 6.07) is 12.7. The molecule has 0 aliphatic rings. The highest BCUT2D eigenvalue weighted by atomic mass is 35.5. The Morgan fingerprint density at radius 1 is 1.13 bits per heavy atom. The highest BCUT2D eigenvalue weighted by Gasteiger charge is 2.18. The van der Waals surface area contributed by atoms with E-state index in [2.05, 4.69) is 15.3 Å². The molecule has 1 N–H and O–H groups in total. The van der Waals surface area contributed by atoms with Gasteiger partial charge >= 0.3 is 0 Å². The molecule has 154 valence electrons. The molecule has 2 aromatic heterocycles. The summed E-state index contributed by atoms with van der Waals surface area (Å²) in [5.74, 6) is -0.278. The van der Waals surface area contributed by atoms with Crippen molar-refractivity contribution < 1.29 is 9.59 Å². The van der Waals surface area contributed by atoms with Crippen LogP contribution in [0.4, 0.5) is 5.69 Å². The van der Waals surface area contributed by atoms with Gasteiger partial charge in [0.05, 0.1) is 22.0 Å². The SMILES string of the molecule is CC(=O)N(c1ccc(-c2ccc(C(=O)NCc3cccnc3)cn2)cc1Cl)C(C)C. The van der Waals surface area contributed by atoms with Crippen LogP contribution in [0.2, 0.25) is 5.02 Å². The molecule has 0 aliphatic carbocycles. The molecular formula is C23H23ClN4O2. The lowest BCUT2D eigenvalue weighted by Crippen LogP contribution is -2.35. The van der Waals surface area contributed by atoms with E-state index < -0.39 is 0 Å². The molecule has 2 amide bonds. The summed E-state index contributed by atoms with van der Waals surface area (Å²) in [5.41, 5.74) is 3.54. The number of pyridine rings is 2. The second-order valence-electron chi connectivity index (χ2n) is 7.13. The molecule has 2 heterocycles. The smallest absolute Gasteiger partial charge is 0.253 e. The number of nitrogens with one attached hydrogen (secondary N) is 1. The van der Waals surface area contributed by atoms with Gasteiger partial charge in [-0.2, -0.15) is 0 Å². The van der Waals surface area contributed by atoms with Crippen molar-refractivity contribution in [1.29, 1.82) is 0 Å². The van der Waals surface area contributed by atoms with E-state index in [4.69, 9.17) is 11.6 Å². The summed E-state index contributed by atoms with van der Waals surface area (Å²) in [6.07, 6.45) is 4.93. The number of nitrogens with zero attached hydrogens (tertiary/aromatic N) is 3. The first kappa shape index (κ1) is 21.5. The van der Waals surface area contributed by atoms with Crippen LogP contribution in [0.25, 0.3) is 11.3 Å². The molecule has 0 bridgehead atoms. The van der Waals surface area contributed by atoms with Gasteiger partial charge in [0, 0.05) is 43.7 Å². The fourth-order valence-electron chi connectivity index (χ4n) is 3.16. The van der Waals surface area contributed by atoms with Crippen LogP contribution in [-0.2, 0) is 11.3 Å². The molecule has 3 aromatic rings. The molecule has 0 fully saturated rings. The van der Waals surface area contributed by atoms with E-state index in [0.29, 0.717) is 28.5 Å². The van der Waals surface area contributed by atoms with Crippen molar-refractivity contribution in [3.63, 3.8) is 0 Å². The largest absolute Gasteiger partial charge is 0.348 e. The van der Waals surface area contributed by atoms with Crippen LogP contribution in [0.15, 0.2) is 61.1 Å². The van der Waals surface area contributed by atoms with E-state index in [1.165, 1.54) is 13.1 Å². The Hall–Kier alpha value is -3.25. The predicted molar refractivity (Wildman–Crippen MR) is 118 cm³/mol. The summed E-state index contributed by atoms with van der Waals surface area (Å²) in [7, 11) is 0. The number of hydrogen-bond acceptors (Lipinski definition) is 4. The zero-order valence-electron chi connectivity index (χ0n) is 17.1. The maximum atomic E-state index is 12.3. The first-order chi connectivity index (χ1) is 14.4. The number of anilines is 1. The molecule has 0 saturated heterocycles. The van der Waals surface area contributed by atoms with Crippen molar-refractivity contribution in [2.24, 2.45) is 0 Å². The van der Waals surface area contributed by atoms with Crippen molar-refractivity contribution >= 4 is 29.1 Å². The van der Waals surface area contributed by atoms with Crippen LogP contribution in [0, 0.1) is 0 Å². The average Bonchev–Trinajstić information content (AvgIpc) is 2.73. The molecule has 30 heavy (non-hydrogen) atoms. The third kappa shape index (κ3) is 5.02. The van der Waals surface area contributed by atoms with E-state index >= 15 is 0 Å². The lowest BCUT2D eigenvalue weighted by Gasteiger charge is -2.26. The van der Waals surface area contributed by atoms with E-state index in [9.17, 15) is 9.59 Å². The van der Waals surface area contributed by atoms with Crippen molar-refractivity contribution in [1.82, 2.24) is 15.3 Å². The second kappa shape index (κ2) is 9.50. The Morgan fingerprint density at radius 3 is 2.50 bits per heavy atom. The maximum Gasteiger partial charge on any atom is 0.253 e. The van der Waals surface area contributed by atoms with Gasteiger partial charge in [0.2, 0.25) is 5.91 Å². The van der Waals surface area contributed by atoms with Gasteiger partial charge in [0.25, 0.3) is 5.91 Å². The third-order valence-corrected chi connectivity index (χ3v) is 4.86. The summed E-state index contributed by atoms with van der Waals surface area (Å²) in [5, 5.41) is 3.32. The minimum absolute atomic E-state index is 0.00608. The average molecular weight is 423 g/mol.